The quantitative estimate of drug-likeness (QED) is 0.751. The highest BCUT2D eigenvalue weighted by Crippen LogP contribution is 2.19. The van der Waals surface area contributed by atoms with Crippen LogP contribution in [0.1, 0.15) is 33.6 Å². The van der Waals surface area contributed by atoms with Gasteiger partial charge in [-0.3, -0.25) is 4.79 Å². The Morgan fingerprint density at radius 3 is 2.71 bits per heavy atom. The molecule has 0 bridgehead atoms. The van der Waals surface area contributed by atoms with Crippen molar-refractivity contribution in [3.05, 3.63) is 0 Å². The van der Waals surface area contributed by atoms with E-state index in [4.69, 9.17) is 5.11 Å². The summed E-state index contributed by atoms with van der Waals surface area (Å²) < 4.78 is 0. The zero-order chi connectivity index (χ0) is 12.8. The summed E-state index contributed by atoms with van der Waals surface area (Å²) in [5, 5.41) is 12.1. The molecule has 1 rings (SSSR count). The number of likely N-dealkylation sites (N-methyl/N-ethyl adjacent to an activating group) is 1. The normalized spacial score (nSPS) is 26.2. The second-order valence-corrected chi connectivity index (χ2v) is 5.33. The van der Waals surface area contributed by atoms with Crippen LogP contribution in [0.3, 0.4) is 0 Å². The summed E-state index contributed by atoms with van der Waals surface area (Å²) >= 11 is 0. The van der Waals surface area contributed by atoms with Gasteiger partial charge in [-0.1, -0.05) is 20.8 Å². The molecule has 1 aliphatic rings. The first-order valence-electron chi connectivity index (χ1n) is 6.70. The molecule has 1 aliphatic heterocycles. The van der Waals surface area contributed by atoms with Gasteiger partial charge in [-0.25, -0.2) is 0 Å². The van der Waals surface area contributed by atoms with E-state index in [-0.39, 0.29) is 24.5 Å². The van der Waals surface area contributed by atoms with Crippen molar-refractivity contribution >= 4 is 5.91 Å². The van der Waals surface area contributed by atoms with E-state index in [2.05, 4.69) is 17.1 Å². The maximum Gasteiger partial charge on any atom is 0.222 e. The van der Waals surface area contributed by atoms with E-state index < -0.39 is 0 Å². The van der Waals surface area contributed by atoms with Crippen LogP contribution in [0.2, 0.25) is 0 Å². The number of amides is 1. The molecular formula is C13H26N2O2. The SMILES string of the molecule is CCN1CC(CCO)CC(NC(=O)C(C)C)C1. The average Bonchev–Trinajstić information content (AvgIpc) is 2.28. The monoisotopic (exact) mass is 242 g/mol. The Kier molecular flexibility index (Phi) is 5.92. The van der Waals surface area contributed by atoms with Gasteiger partial charge in [-0.15, -0.1) is 0 Å². The van der Waals surface area contributed by atoms with Crippen molar-refractivity contribution in [2.24, 2.45) is 11.8 Å². The van der Waals surface area contributed by atoms with E-state index in [1.807, 2.05) is 13.8 Å². The molecule has 17 heavy (non-hydrogen) atoms. The molecule has 0 spiro atoms. The van der Waals surface area contributed by atoms with E-state index in [1.165, 1.54) is 0 Å². The van der Waals surface area contributed by atoms with Crippen LogP contribution in [0.25, 0.3) is 0 Å². The lowest BCUT2D eigenvalue weighted by Crippen LogP contribution is -2.51. The van der Waals surface area contributed by atoms with Gasteiger partial charge in [0.25, 0.3) is 0 Å². The number of hydrogen-bond donors (Lipinski definition) is 2. The minimum Gasteiger partial charge on any atom is -0.396 e. The standard InChI is InChI=1S/C13H26N2O2/c1-4-15-8-11(5-6-16)7-12(9-15)14-13(17)10(2)3/h10-12,16H,4-9H2,1-3H3,(H,14,17). The fourth-order valence-corrected chi connectivity index (χ4v) is 2.43. The number of aliphatic hydroxyl groups is 1. The topological polar surface area (TPSA) is 52.6 Å². The Labute approximate surface area is 104 Å². The van der Waals surface area contributed by atoms with Crippen LogP contribution >= 0.6 is 0 Å². The lowest BCUT2D eigenvalue weighted by atomic mass is 9.91. The zero-order valence-electron chi connectivity index (χ0n) is 11.3. The highest BCUT2D eigenvalue weighted by molar-refractivity contribution is 5.78. The molecule has 1 fully saturated rings. The molecule has 0 radical (unpaired) electrons. The highest BCUT2D eigenvalue weighted by Gasteiger charge is 2.27. The minimum absolute atomic E-state index is 0.0447. The van der Waals surface area contributed by atoms with Crippen molar-refractivity contribution in [3.8, 4) is 0 Å². The zero-order valence-corrected chi connectivity index (χ0v) is 11.3. The molecule has 0 aromatic carbocycles. The summed E-state index contributed by atoms with van der Waals surface area (Å²) in [6, 6.07) is 0.246. The van der Waals surface area contributed by atoms with Crippen LogP contribution in [-0.2, 0) is 4.79 Å². The van der Waals surface area contributed by atoms with Crippen LogP contribution in [0.5, 0.6) is 0 Å². The molecule has 1 heterocycles. The van der Waals surface area contributed by atoms with Gasteiger partial charge in [0.1, 0.15) is 0 Å². The third-order valence-corrected chi connectivity index (χ3v) is 3.47. The van der Waals surface area contributed by atoms with E-state index in [9.17, 15) is 4.79 Å². The van der Waals surface area contributed by atoms with Crippen LogP contribution in [0.4, 0.5) is 0 Å². The van der Waals surface area contributed by atoms with E-state index in [1.54, 1.807) is 0 Å². The molecule has 1 amide bonds. The Morgan fingerprint density at radius 1 is 1.47 bits per heavy atom. The smallest absolute Gasteiger partial charge is 0.222 e. The van der Waals surface area contributed by atoms with E-state index in [0.29, 0.717) is 5.92 Å². The van der Waals surface area contributed by atoms with Gasteiger partial charge in [0.05, 0.1) is 0 Å². The molecule has 1 saturated heterocycles. The summed E-state index contributed by atoms with van der Waals surface area (Å²) in [6.07, 6.45) is 1.83. The molecule has 2 N–H and O–H groups in total. The van der Waals surface area contributed by atoms with Crippen molar-refractivity contribution in [2.75, 3.05) is 26.2 Å². The first-order valence-corrected chi connectivity index (χ1v) is 6.70. The van der Waals surface area contributed by atoms with Gasteiger partial charge in [-0.05, 0) is 25.3 Å². The number of nitrogens with zero attached hydrogens (tertiary/aromatic N) is 1. The molecule has 2 atom stereocenters. The minimum atomic E-state index is 0.0447. The van der Waals surface area contributed by atoms with Gasteiger partial charge in [0.2, 0.25) is 5.91 Å². The van der Waals surface area contributed by atoms with Gasteiger partial charge < -0.3 is 15.3 Å². The third kappa shape index (κ3) is 4.64. The average molecular weight is 242 g/mol. The van der Waals surface area contributed by atoms with Crippen molar-refractivity contribution < 1.29 is 9.90 Å². The van der Waals surface area contributed by atoms with E-state index >= 15 is 0 Å². The number of carbonyl (C=O) groups excluding carboxylic acids is 1. The molecule has 0 aliphatic carbocycles. The van der Waals surface area contributed by atoms with Gasteiger partial charge in [-0.2, -0.15) is 0 Å². The number of aliphatic hydroxyl groups excluding tert-OH is 1. The first-order chi connectivity index (χ1) is 8.06. The van der Waals surface area contributed by atoms with Crippen molar-refractivity contribution in [1.29, 1.82) is 0 Å². The molecule has 0 aromatic heterocycles. The molecule has 0 aromatic rings. The van der Waals surface area contributed by atoms with Crippen molar-refractivity contribution in [3.63, 3.8) is 0 Å². The van der Waals surface area contributed by atoms with Gasteiger partial charge in [0.15, 0.2) is 0 Å². The van der Waals surface area contributed by atoms with Gasteiger partial charge in [0, 0.05) is 31.7 Å². The number of carbonyl (C=O) groups is 1. The predicted molar refractivity (Wildman–Crippen MR) is 68.7 cm³/mol. The van der Waals surface area contributed by atoms with Crippen LogP contribution in [0.15, 0.2) is 0 Å². The fourth-order valence-electron chi connectivity index (χ4n) is 2.43. The van der Waals surface area contributed by atoms with E-state index in [0.717, 1.165) is 32.5 Å². The molecule has 100 valence electrons. The summed E-state index contributed by atoms with van der Waals surface area (Å²) in [6.45, 7) is 9.22. The molecule has 2 unspecified atom stereocenters. The Bertz CT molecular complexity index is 244. The highest BCUT2D eigenvalue weighted by atomic mass is 16.3. The number of hydrogen-bond acceptors (Lipinski definition) is 3. The third-order valence-electron chi connectivity index (χ3n) is 3.47. The van der Waals surface area contributed by atoms with Gasteiger partial charge >= 0.3 is 0 Å². The fraction of sp³-hybridized carbons (Fsp3) is 0.923. The summed E-state index contributed by atoms with van der Waals surface area (Å²) in [7, 11) is 0. The Hall–Kier alpha value is -0.610. The molecule has 4 nitrogen and oxygen atoms in total. The lowest BCUT2D eigenvalue weighted by molar-refractivity contribution is -0.125. The molecule has 4 heteroatoms. The lowest BCUT2D eigenvalue weighted by Gasteiger charge is -2.37. The maximum absolute atomic E-state index is 11.7. The number of likely N-dealkylation sites (tertiary alicyclic amines) is 1. The van der Waals surface area contributed by atoms with Crippen molar-refractivity contribution in [1.82, 2.24) is 10.2 Å². The van der Waals surface area contributed by atoms with Crippen molar-refractivity contribution in [2.45, 2.75) is 39.7 Å². The van der Waals surface area contributed by atoms with Crippen LogP contribution in [0, 0.1) is 11.8 Å². The summed E-state index contributed by atoms with van der Waals surface area (Å²) in [5.74, 6) is 0.685. The van der Waals surface area contributed by atoms with Crippen LogP contribution in [-0.4, -0.2) is 48.2 Å². The molecule has 0 saturated carbocycles. The maximum atomic E-state index is 11.7. The number of piperidine rings is 1. The number of rotatable bonds is 5. The predicted octanol–water partition coefficient (Wildman–Crippen LogP) is 0.851. The largest absolute Gasteiger partial charge is 0.396 e. The first kappa shape index (κ1) is 14.5. The Balaban J connectivity index is 2.50. The Morgan fingerprint density at radius 2 is 2.18 bits per heavy atom. The summed E-state index contributed by atoms with van der Waals surface area (Å²) in [4.78, 5) is 14.0. The second kappa shape index (κ2) is 6.97. The number of nitrogens with one attached hydrogen (secondary N) is 1. The van der Waals surface area contributed by atoms with Crippen LogP contribution < -0.4 is 5.32 Å². The second-order valence-electron chi connectivity index (χ2n) is 5.33. The summed E-state index contributed by atoms with van der Waals surface area (Å²) in [5.41, 5.74) is 0. The molecular weight excluding hydrogens is 216 g/mol.